The molecular formula is C9H14N4. The molecule has 1 saturated heterocycles. The van der Waals surface area contributed by atoms with Gasteiger partial charge in [-0.2, -0.15) is 5.10 Å². The lowest BCUT2D eigenvalue weighted by Gasteiger charge is -2.18. The van der Waals surface area contributed by atoms with Gasteiger partial charge in [0.05, 0.1) is 11.4 Å². The van der Waals surface area contributed by atoms with E-state index in [-0.39, 0.29) is 0 Å². The zero-order valence-corrected chi connectivity index (χ0v) is 7.82. The lowest BCUT2D eigenvalue weighted by molar-refractivity contribution is 0.927. The molecular weight excluding hydrogens is 164 g/mol. The van der Waals surface area contributed by atoms with Crippen LogP contribution in [0.15, 0.2) is 6.07 Å². The zero-order valence-electron chi connectivity index (χ0n) is 7.82. The standard InChI is InChI=1S/C9H14N4/c1-7-6-8(9(10)12-11-7)13-4-2-3-5-13/h6H,2-5H2,1H3,(H2,10,12). The molecule has 1 fully saturated rings. The molecule has 1 aliphatic heterocycles. The van der Waals surface area contributed by atoms with Crippen molar-refractivity contribution in [2.75, 3.05) is 23.7 Å². The van der Waals surface area contributed by atoms with E-state index >= 15 is 0 Å². The molecule has 2 heterocycles. The van der Waals surface area contributed by atoms with Gasteiger partial charge in [0.1, 0.15) is 0 Å². The largest absolute Gasteiger partial charge is 0.380 e. The summed E-state index contributed by atoms with van der Waals surface area (Å²) >= 11 is 0. The van der Waals surface area contributed by atoms with Crippen LogP contribution in [0.1, 0.15) is 18.5 Å². The van der Waals surface area contributed by atoms with Gasteiger partial charge >= 0.3 is 0 Å². The summed E-state index contributed by atoms with van der Waals surface area (Å²) in [5.74, 6) is 0.549. The van der Waals surface area contributed by atoms with Crippen molar-refractivity contribution in [2.45, 2.75) is 19.8 Å². The van der Waals surface area contributed by atoms with E-state index in [2.05, 4.69) is 15.1 Å². The van der Waals surface area contributed by atoms with Crippen LogP contribution in [0.2, 0.25) is 0 Å². The zero-order chi connectivity index (χ0) is 9.26. The molecule has 13 heavy (non-hydrogen) atoms. The Kier molecular flexibility index (Phi) is 2.04. The summed E-state index contributed by atoms with van der Waals surface area (Å²) in [7, 11) is 0. The summed E-state index contributed by atoms with van der Waals surface area (Å²) in [6.45, 7) is 4.12. The SMILES string of the molecule is Cc1cc(N2CCCC2)c(N)nn1. The van der Waals surface area contributed by atoms with Crippen LogP contribution in [-0.2, 0) is 0 Å². The monoisotopic (exact) mass is 178 g/mol. The van der Waals surface area contributed by atoms with Crippen LogP contribution >= 0.6 is 0 Å². The molecule has 0 bridgehead atoms. The number of hydrogen-bond donors (Lipinski definition) is 1. The topological polar surface area (TPSA) is 55.0 Å². The number of aromatic nitrogens is 2. The third-order valence-electron chi connectivity index (χ3n) is 2.37. The maximum absolute atomic E-state index is 5.75. The highest BCUT2D eigenvalue weighted by molar-refractivity contribution is 5.63. The van der Waals surface area contributed by atoms with Gasteiger partial charge in [0.25, 0.3) is 0 Å². The first kappa shape index (κ1) is 8.29. The molecule has 1 aromatic heterocycles. The second-order valence-electron chi connectivity index (χ2n) is 3.45. The van der Waals surface area contributed by atoms with Gasteiger partial charge in [-0.15, -0.1) is 5.10 Å². The molecule has 0 atom stereocenters. The van der Waals surface area contributed by atoms with Crippen molar-refractivity contribution in [1.82, 2.24) is 10.2 Å². The summed E-state index contributed by atoms with van der Waals surface area (Å²) in [6, 6.07) is 2.01. The van der Waals surface area contributed by atoms with Gasteiger partial charge in [0, 0.05) is 13.1 Å². The van der Waals surface area contributed by atoms with Crippen LogP contribution in [0.25, 0.3) is 0 Å². The van der Waals surface area contributed by atoms with Crippen LogP contribution < -0.4 is 10.6 Å². The Hall–Kier alpha value is -1.32. The number of nitrogens with two attached hydrogens (primary N) is 1. The molecule has 0 amide bonds. The highest BCUT2D eigenvalue weighted by atomic mass is 15.2. The van der Waals surface area contributed by atoms with E-state index in [4.69, 9.17) is 5.73 Å². The third-order valence-corrected chi connectivity index (χ3v) is 2.37. The maximum Gasteiger partial charge on any atom is 0.169 e. The van der Waals surface area contributed by atoms with E-state index in [1.807, 2.05) is 13.0 Å². The van der Waals surface area contributed by atoms with E-state index in [9.17, 15) is 0 Å². The number of nitrogens with zero attached hydrogens (tertiary/aromatic N) is 3. The second-order valence-corrected chi connectivity index (χ2v) is 3.45. The predicted molar refractivity (Wildman–Crippen MR) is 52.6 cm³/mol. The molecule has 0 aliphatic carbocycles. The van der Waals surface area contributed by atoms with Crippen LogP contribution in [0.5, 0.6) is 0 Å². The lowest BCUT2D eigenvalue weighted by Crippen LogP contribution is -2.20. The molecule has 2 N–H and O–H groups in total. The van der Waals surface area contributed by atoms with E-state index in [1.54, 1.807) is 0 Å². The Bertz CT molecular complexity index is 304. The van der Waals surface area contributed by atoms with E-state index in [1.165, 1.54) is 12.8 Å². The van der Waals surface area contributed by atoms with E-state index < -0.39 is 0 Å². The molecule has 1 aliphatic rings. The number of anilines is 2. The van der Waals surface area contributed by atoms with Gasteiger partial charge in [-0.1, -0.05) is 0 Å². The van der Waals surface area contributed by atoms with Gasteiger partial charge in [-0.25, -0.2) is 0 Å². The molecule has 0 unspecified atom stereocenters. The van der Waals surface area contributed by atoms with Crippen molar-refractivity contribution in [3.8, 4) is 0 Å². The minimum absolute atomic E-state index is 0.549. The summed E-state index contributed by atoms with van der Waals surface area (Å²) in [4.78, 5) is 2.27. The van der Waals surface area contributed by atoms with Gasteiger partial charge in [0.2, 0.25) is 0 Å². The Balaban J connectivity index is 2.32. The van der Waals surface area contributed by atoms with Crippen LogP contribution in [0.3, 0.4) is 0 Å². The smallest absolute Gasteiger partial charge is 0.169 e. The Morgan fingerprint density at radius 2 is 2.00 bits per heavy atom. The molecule has 1 aromatic rings. The van der Waals surface area contributed by atoms with Crippen molar-refractivity contribution >= 4 is 11.5 Å². The van der Waals surface area contributed by atoms with Crippen LogP contribution in [0, 0.1) is 6.92 Å². The summed E-state index contributed by atoms with van der Waals surface area (Å²) in [5, 5.41) is 7.82. The van der Waals surface area contributed by atoms with Crippen molar-refractivity contribution in [3.05, 3.63) is 11.8 Å². The molecule has 2 rings (SSSR count). The normalized spacial score (nSPS) is 16.5. The fourth-order valence-electron chi connectivity index (χ4n) is 1.70. The summed E-state index contributed by atoms with van der Waals surface area (Å²) < 4.78 is 0. The molecule has 0 spiro atoms. The Labute approximate surface area is 77.8 Å². The van der Waals surface area contributed by atoms with Crippen molar-refractivity contribution in [1.29, 1.82) is 0 Å². The highest BCUT2D eigenvalue weighted by Crippen LogP contribution is 2.24. The van der Waals surface area contributed by atoms with Gasteiger partial charge in [-0.05, 0) is 25.8 Å². The Morgan fingerprint density at radius 3 is 2.69 bits per heavy atom. The number of hydrogen-bond acceptors (Lipinski definition) is 4. The van der Waals surface area contributed by atoms with Crippen molar-refractivity contribution < 1.29 is 0 Å². The quantitative estimate of drug-likeness (QED) is 0.696. The number of nitrogen functional groups attached to an aromatic ring is 1. The second kappa shape index (κ2) is 3.20. The van der Waals surface area contributed by atoms with Crippen molar-refractivity contribution in [2.24, 2.45) is 0 Å². The average Bonchev–Trinajstić information content (AvgIpc) is 2.61. The summed E-state index contributed by atoms with van der Waals surface area (Å²) in [5.41, 5.74) is 7.73. The first-order valence-electron chi connectivity index (χ1n) is 4.62. The fourth-order valence-corrected chi connectivity index (χ4v) is 1.70. The number of aryl methyl sites for hydroxylation is 1. The highest BCUT2D eigenvalue weighted by Gasteiger charge is 2.15. The first-order valence-corrected chi connectivity index (χ1v) is 4.62. The number of rotatable bonds is 1. The minimum atomic E-state index is 0.549. The van der Waals surface area contributed by atoms with E-state index in [0.717, 1.165) is 24.5 Å². The Morgan fingerprint density at radius 1 is 1.31 bits per heavy atom. The molecule has 70 valence electrons. The van der Waals surface area contributed by atoms with Crippen molar-refractivity contribution in [3.63, 3.8) is 0 Å². The summed E-state index contributed by atoms with van der Waals surface area (Å²) in [6.07, 6.45) is 2.50. The minimum Gasteiger partial charge on any atom is -0.380 e. The van der Waals surface area contributed by atoms with Crippen LogP contribution in [0.4, 0.5) is 11.5 Å². The molecule has 0 aromatic carbocycles. The maximum atomic E-state index is 5.75. The van der Waals surface area contributed by atoms with Gasteiger partial charge in [-0.3, -0.25) is 0 Å². The predicted octanol–water partition coefficient (Wildman–Crippen LogP) is 0.967. The first-order chi connectivity index (χ1) is 6.27. The average molecular weight is 178 g/mol. The van der Waals surface area contributed by atoms with Gasteiger partial charge in [0.15, 0.2) is 5.82 Å². The third kappa shape index (κ3) is 1.56. The molecule has 4 heteroatoms. The molecule has 0 radical (unpaired) electrons. The molecule has 4 nitrogen and oxygen atoms in total. The van der Waals surface area contributed by atoms with E-state index in [0.29, 0.717) is 5.82 Å². The van der Waals surface area contributed by atoms with Crippen LogP contribution in [-0.4, -0.2) is 23.3 Å². The molecule has 0 saturated carbocycles. The lowest BCUT2D eigenvalue weighted by atomic mass is 10.3. The fraction of sp³-hybridized carbons (Fsp3) is 0.556. The van der Waals surface area contributed by atoms with Gasteiger partial charge < -0.3 is 10.6 Å².